The third kappa shape index (κ3) is 2.45. The minimum atomic E-state index is 0.212. The SMILES string of the molecule is Cc1nc(C2CCN(C)C2)sc1C1CNCCO1. The molecule has 0 aliphatic carbocycles. The lowest BCUT2D eigenvalue weighted by atomic mass is 10.1. The summed E-state index contributed by atoms with van der Waals surface area (Å²) in [7, 11) is 2.19. The number of nitrogens with one attached hydrogen (secondary N) is 1. The Kier molecular flexibility index (Phi) is 3.66. The van der Waals surface area contributed by atoms with Crippen molar-refractivity contribution < 1.29 is 4.74 Å². The summed E-state index contributed by atoms with van der Waals surface area (Å²) in [6.07, 6.45) is 1.45. The number of morpholine rings is 1. The van der Waals surface area contributed by atoms with Gasteiger partial charge < -0.3 is 15.0 Å². The Morgan fingerprint density at radius 1 is 1.50 bits per heavy atom. The van der Waals surface area contributed by atoms with E-state index in [4.69, 9.17) is 9.72 Å². The molecule has 1 aromatic rings. The van der Waals surface area contributed by atoms with E-state index in [0.717, 1.165) is 26.2 Å². The molecule has 0 bridgehead atoms. The van der Waals surface area contributed by atoms with Gasteiger partial charge in [-0.25, -0.2) is 4.98 Å². The van der Waals surface area contributed by atoms with Gasteiger partial charge in [0.2, 0.25) is 0 Å². The smallest absolute Gasteiger partial charge is 0.106 e. The summed E-state index contributed by atoms with van der Waals surface area (Å²) >= 11 is 1.86. The highest BCUT2D eigenvalue weighted by atomic mass is 32.1. The number of thiazole rings is 1. The molecule has 5 heteroatoms. The first-order valence-electron chi connectivity index (χ1n) is 6.72. The fourth-order valence-electron chi connectivity index (χ4n) is 2.77. The van der Waals surface area contributed by atoms with Crippen LogP contribution in [0.1, 0.15) is 34.0 Å². The summed E-state index contributed by atoms with van der Waals surface area (Å²) in [5.74, 6) is 0.629. The maximum atomic E-state index is 5.84. The molecule has 4 nitrogen and oxygen atoms in total. The molecule has 2 saturated heterocycles. The van der Waals surface area contributed by atoms with Gasteiger partial charge in [0, 0.05) is 25.6 Å². The molecule has 0 radical (unpaired) electrons. The van der Waals surface area contributed by atoms with Gasteiger partial charge in [0.25, 0.3) is 0 Å². The number of hydrogen-bond acceptors (Lipinski definition) is 5. The predicted molar refractivity (Wildman–Crippen MR) is 73.3 cm³/mol. The zero-order valence-corrected chi connectivity index (χ0v) is 11.9. The summed E-state index contributed by atoms with van der Waals surface area (Å²) in [6.45, 7) is 7.16. The molecule has 0 aromatic carbocycles. The van der Waals surface area contributed by atoms with Gasteiger partial charge in [0.1, 0.15) is 6.10 Å². The number of ether oxygens (including phenoxy) is 1. The third-order valence-electron chi connectivity index (χ3n) is 3.81. The normalized spacial score (nSPS) is 29.9. The minimum Gasteiger partial charge on any atom is -0.370 e. The molecular weight excluding hydrogens is 246 g/mol. The highest BCUT2D eigenvalue weighted by Gasteiger charge is 2.27. The maximum Gasteiger partial charge on any atom is 0.106 e. The lowest BCUT2D eigenvalue weighted by Gasteiger charge is -2.22. The molecule has 1 N–H and O–H groups in total. The lowest BCUT2D eigenvalue weighted by Crippen LogP contribution is -2.33. The Hall–Kier alpha value is -0.490. The maximum absolute atomic E-state index is 5.84. The van der Waals surface area contributed by atoms with E-state index in [1.165, 1.54) is 28.5 Å². The molecule has 18 heavy (non-hydrogen) atoms. The van der Waals surface area contributed by atoms with Crippen LogP contribution in [-0.4, -0.2) is 49.7 Å². The molecule has 3 heterocycles. The van der Waals surface area contributed by atoms with Crippen LogP contribution in [0.5, 0.6) is 0 Å². The van der Waals surface area contributed by atoms with E-state index in [0.29, 0.717) is 5.92 Å². The highest BCUT2D eigenvalue weighted by Crippen LogP contribution is 2.35. The van der Waals surface area contributed by atoms with Crippen LogP contribution in [0.15, 0.2) is 0 Å². The molecule has 2 fully saturated rings. The number of aromatic nitrogens is 1. The van der Waals surface area contributed by atoms with Crippen LogP contribution in [0.3, 0.4) is 0 Å². The number of likely N-dealkylation sites (tertiary alicyclic amines) is 1. The summed E-state index contributed by atoms with van der Waals surface area (Å²) in [5, 5.41) is 4.70. The molecule has 100 valence electrons. The van der Waals surface area contributed by atoms with E-state index in [1.807, 2.05) is 11.3 Å². The number of likely N-dealkylation sites (N-methyl/N-ethyl adjacent to an activating group) is 1. The van der Waals surface area contributed by atoms with E-state index in [1.54, 1.807) is 0 Å². The standard InChI is InChI=1S/C13H21N3OS/c1-9-12(11-7-14-4-6-17-11)18-13(15-9)10-3-5-16(2)8-10/h10-11,14H,3-8H2,1-2H3. The van der Waals surface area contributed by atoms with Gasteiger partial charge in [-0.2, -0.15) is 0 Å². The quantitative estimate of drug-likeness (QED) is 0.882. The number of aryl methyl sites for hydroxylation is 1. The number of rotatable bonds is 2. The fourth-order valence-corrected chi connectivity index (χ4v) is 4.02. The first-order chi connectivity index (χ1) is 8.74. The second-order valence-corrected chi connectivity index (χ2v) is 6.38. The summed E-state index contributed by atoms with van der Waals surface area (Å²) in [4.78, 5) is 8.50. The first kappa shape index (κ1) is 12.5. The van der Waals surface area contributed by atoms with Crippen LogP contribution in [0.25, 0.3) is 0 Å². The van der Waals surface area contributed by atoms with Crippen LogP contribution in [0, 0.1) is 6.92 Å². The molecule has 2 unspecified atom stereocenters. The van der Waals surface area contributed by atoms with Crippen LogP contribution in [-0.2, 0) is 4.74 Å². The van der Waals surface area contributed by atoms with Gasteiger partial charge in [0.15, 0.2) is 0 Å². The van der Waals surface area contributed by atoms with Crippen LogP contribution >= 0.6 is 11.3 Å². The van der Waals surface area contributed by atoms with Crippen molar-refractivity contribution in [3.8, 4) is 0 Å². The average molecular weight is 267 g/mol. The number of hydrogen-bond donors (Lipinski definition) is 1. The molecule has 0 spiro atoms. The van der Waals surface area contributed by atoms with Crippen molar-refractivity contribution in [3.63, 3.8) is 0 Å². The second kappa shape index (κ2) is 5.25. The Labute approximate surface area is 112 Å². The highest BCUT2D eigenvalue weighted by molar-refractivity contribution is 7.11. The molecular formula is C13H21N3OS. The average Bonchev–Trinajstić information content (AvgIpc) is 2.97. The van der Waals surface area contributed by atoms with Gasteiger partial charge in [-0.1, -0.05) is 0 Å². The van der Waals surface area contributed by atoms with Gasteiger partial charge in [-0.05, 0) is 26.9 Å². The van der Waals surface area contributed by atoms with Crippen molar-refractivity contribution in [1.82, 2.24) is 15.2 Å². The predicted octanol–water partition coefficient (Wildman–Crippen LogP) is 1.53. The van der Waals surface area contributed by atoms with Crippen molar-refractivity contribution >= 4 is 11.3 Å². The zero-order valence-electron chi connectivity index (χ0n) is 11.1. The Balaban J connectivity index is 1.77. The molecule has 2 atom stereocenters. The van der Waals surface area contributed by atoms with Crippen molar-refractivity contribution in [2.45, 2.75) is 25.4 Å². The van der Waals surface area contributed by atoms with Crippen LogP contribution in [0.2, 0.25) is 0 Å². The summed E-state index contributed by atoms with van der Waals surface area (Å²) < 4.78 is 5.84. The van der Waals surface area contributed by atoms with Crippen molar-refractivity contribution in [2.24, 2.45) is 0 Å². The first-order valence-corrected chi connectivity index (χ1v) is 7.54. The van der Waals surface area contributed by atoms with Gasteiger partial charge >= 0.3 is 0 Å². The number of nitrogens with zero attached hydrogens (tertiary/aromatic N) is 2. The Morgan fingerprint density at radius 3 is 3.06 bits per heavy atom. The topological polar surface area (TPSA) is 37.4 Å². The van der Waals surface area contributed by atoms with Gasteiger partial charge in [-0.3, -0.25) is 0 Å². The van der Waals surface area contributed by atoms with E-state index >= 15 is 0 Å². The van der Waals surface area contributed by atoms with Crippen LogP contribution in [0.4, 0.5) is 0 Å². The molecule has 1 aromatic heterocycles. The van der Waals surface area contributed by atoms with E-state index in [-0.39, 0.29) is 6.10 Å². The van der Waals surface area contributed by atoms with Crippen molar-refractivity contribution in [2.75, 3.05) is 39.8 Å². The third-order valence-corrected chi connectivity index (χ3v) is 5.22. The molecule has 2 aliphatic heterocycles. The Bertz CT molecular complexity index is 414. The minimum absolute atomic E-state index is 0.212. The zero-order chi connectivity index (χ0) is 12.5. The lowest BCUT2D eigenvalue weighted by molar-refractivity contribution is 0.0295. The molecule has 3 rings (SSSR count). The van der Waals surface area contributed by atoms with Crippen molar-refractivity contribution in [3.05, 3.63) is 15.6 Å². The summed E-state index contributed by atoms with van der Waals surface area (Å²) in [6, 6.07) is 0. The van der Waals surface area contributed by atoms with E-state index in [9.17, 15) is 0 Å². The molecule has 2 aliphatic rings. The molecule has 0 amide bonds. The van der Waals surface area contributed by atoms with Crippen molar-refractivity contribution in [1.29, 1.82) is 0 Å². The van der Waals surface area contributed by atoms with Gasteiger partial charge in [0.05, 0.1) is 22.2 Å². The summed E-state index contributed by atoms with van der Waals surface area (Å²) in [5.41, 5.74) is 1.17. The van der Waals surface area contributed by atoms with Gasteiger partial charge in [-0.15, -0.1) is 11.3 Å². The van der Waals surface area contributed by atoms with Crippen LogP contribution < -0.4 is 5.32 Å². The van der Waals surface area contributed by atoms with E-state index in [2.05, 4.69) is 24.2 Å². The fraction of sp³-hybridized carbons (Fsp3) is 0.769. The van der Waals surface area contributed by atoms with E-state index < -0.39 is 0 Å². The second-order valence-electron chi connectivity index (χ2n) is 5.31. The largest absolute Gasteiger partial charge is 0.370 e. The monoisotopic (exact) mass is 267 g/mol. The Morgan fingerprint density at radius 2 is 2.39 bits per heavy atom. The molecule has 0 saturated carbocycles.